The molecule has 1 saturated carbocycles. The summed E-state index contributed by atoms with van der Waals surface area (Å²) in [4.78, 5) is 54.3. The normalized spacial score (nSPS) is 19.6. The van der Waals surface area contributed by atoms with Crippen molar-refractivity contribution in [1.29, 1.82) is 0 Å². The summed E-state index contributed by atoms with van der Waals surface area (Å²) in [5, 5.41) is 16.8. The Hall–Kier alpha value is -4.90. The number of allylic oxidation sites excluding steroid dienone is 1. The number of benzene rings is 2. The Morgan fingerprint density at radius 3 is 2.69 bits per heavy atom. The molecule has 4 N–H and O–H groups in total. The molecule has 252 valence electrons. The van der Waals surface area contributed by atoms with Crippen LogP contribution >= 0.6 is 0 Å². The first-order valence-corrected chi connectivity index (χ1v) is 16.4. The highest BCUT2D eigenvalue weighted by Crippen LogP contribution is 2.34. The Kier molecular flexibility index (Phi) is 11.0. The topological polar surface area (TPSA) is 141 Å². The van der Waals surface area contributed by atoms with Gasteiger partial charge in [0.05, 0.1) is 18.1 Å². The fraction of sp³-hybridized carbons (Fsp3) is 0.378. The second-order valence-electron chi connectivity index (χ2n) is 12.7. The van der Waals surface area contributed by atoms with Gasteiger partial charge in [-0.15, -0.1) is 0 Å². The number of rotatable bonds is 9. The Labute approximate surface area is 279 Å². The van der Waals surface area contributed by atoms with Crippen molar-refractivity contribution in [2.75, 3.05) is 26.2 Å². The average Bonchev–Trinajstić information content (AvgIpc) is 3.84. The van der Waals surface area contributed by atoms with E-state index in [2.05, 4.69) is 57.4 Å². The molecule has 3 aliphatic rings. The number of nitrogens with zero attached hydrogens (tertiary/aromatic N) is 2. The number of carbonyl (C=O) groups excluding carboxylic acids is 3. The highest BCUT2D eigenvalue weighted by atomic mass is 19.1. The molecule has 10 nitrogen and oxygen atoms in total. The number of carbonyl (C=O) groups is 4. The highest BCUT2D eigenvalue weighted by molar-refractivity contribution is 5.98. The molecule has 2 atom stereocenters. The third-order valence-corrected chi connectivity index (χ3v) is 9.18. The summed E-state index contributed by atoms with van der Waals surface area (Å²) < 4.78 is 13.5. The van der Waals surface area contributed by atoms with E-state index in [1.54, 1.807) is 17.9 Å². The lowest BCUT2D eigenvalue weighted by molar-refractivity contribution is -0.143. The van der Waals surface area contributed by atoms with Crippen molar-refractivity contribution in [2.24, 2.45) is 5.92 Å². The molecule has 1 saturated heterocycles. The number of nitrogens with one attached hydrogen (secondary N) is 3. The second-order valence-corrected chi connectivity index (χ2v) is 12.7. The minimum Gasteiger partial charge on any atom is -0.483 e. The van der Waals surface area contributed by atoms with Crippen molar-refractivity contribution in [3.63, 3.8) is 0 Å². The van der Waals surface area contributed by atoms with E-state index in [4.69, 9.17) is 9.90 Å². The monoisotopic (exact) mass is 655 g/mol. The largest absolute Gasteiger partial charge is 0.483 e. The van der Waals surface area contributed by atoms with Crippen LogP contribution in [-0.2, 0) is 14.4 Å². The fourth-order valence-corrected chi connectivity index (χ4v) is 6.29. The van der Waals surface area contributed by atoms with Crippen LogP contribution in [0.25, 0.3) is 22.6 Å². The molecule has 2 aromatic carbocycles. The first-order valence-electron chi connectivity index (χ1n) is 16.4. The predicted molar refractivity (Wildman–Crippen MR) is 182 cm³/mol. The number of fused-ring (bicyclic) bond motifs is 1. The average molecular weight is 656 g/mol. The summed E-state index contributed by atoms with van der Waals surface area (Å²) >= 11 is 0. The Morgan fingerprint density at radius 1 is 1.17 bits per heavy atom. The van der Waals surface area contributed by atoms with Crippen LogP contribution in [0.1, 0.15) is 79.2 Å². The van der Waals surface area contributed by atoms with E-state index in [0.29, 0.717) is 36.2 Å². The first-order chi connectivity index (χ1) is 23.1. The maximum atomic E-state index is 13.9. The standard InChI is InChI=1S/C36H40FN5O3.CH2O2/c1-23(30-20-26(28-5-3-17-38-21-28)11-10-25(30)9-8-24-6-7-24)40-35(45)36(2)16-4-18-42(36)33(43)22-39-34(44)32-14-12-27-19-29(37)13-15-31(27)41-32;2-1-3/h5,8-15,19-20,23-24,38H,3-4,6-7,16-18,21-22H2,1-2H3,(H,39,44)(H,40,45);1H,(H,2,3)/b9-8+;/t23-,36-;/m0./s1. The van der Waals surface area contributed by atoms with E-state index < -0.39 is 11.4 Å². The number of carboxylic acid groups (broad SMARTS) is 1. The van der Waals surface area contributed by atoms with Gasteiger partial charge in [-0.1, -0.05) is 36.4 Å². The van der Waals surface area contributed by atoms with Crippen LogP contribution in [0, 0.1) is 11.7 Å². The smallest absolute Gasteiger partial charge is 0.290 e. The Morgan fingerprint density at radius 2 is 1.96 bits per heavy atom. The lowest BCUT2D eigenvalue weighted by Crippen LogP contribution is -2.57. The molecule has 2 fully saturated rings. The molecular formula is C37H42FN5O5. The molecule has 48 heavy (non-hydrogen) atoms. The first kappa shape index (κ1) is 34.4. The lowest BCUT2D eigenvalue weighted by Gasteiger charge is -2.35. The van der Waals surface area contributed by atoms with E-state index in [1.165, 1.54) is 42.7 Å². The fourth-order valence-electron chi connectivity index (χ4n) is 6.29. The van der Waals surface area contributed by atoms with Gasteiger partial charge in [0.2, 0.25) is 11.8 Å². The number of hydrogen-bond donors (Lipinski definition) is 4. The number of aromatic nitrogens is 1. The summed E-state index contributed by atoms with van der Waals surface area (Å²) in [7, 11) is 0. The van der Waals surface area contributed by atoms with Crippen molar-refractivity contribution in [1.82, 2.24) is 25.8 Å². The van der Waals surface area contributed by atoms with Gasteiger partial charge < -0.3 is 26.0 Å². The number of likely N-dealkylation sites (tertiary alicyclic amines) is 1. The van der Waals surface area contributed by atoms with Gasteiger partial charge in [-0.3, -0.25) is 19.2 Å². The van der Waals surface area contributed by atoms with Crippen molar-refractivity contribution in [3.05, 3.63) is 88.9 Å². The molecule has 0 bridgehead atoms. The SMILES string of the molecule is C[C@H](NC(=O)[C@]1(C)CCCN1C(=O)CNC(=O)c1ccc2cc(F)ccc2n1)c1cc(C2=CCCNC2)ccc1/C=C/C1CC1.O=CO. The molecule has 0 radical (unpaired) electrons. The summed E-state index contributed by atoms with van der Waals surface area (Å²) in [5.41, 5.74) is 4.11. The lowest BCUT2D eigenvalue weighted by atomic mass is 9.92. The minimum absolute atomic E-state index is 0.131. The summed E-state index contributed by atoms with van der Waals surface area (Å²) in [6.45, 7) is 5.51. The number of pyridine rings is 1. The van der Waals surface area contributed by atoms with Gasteiger partial charge >= 0.3 is 0 Å². The summed E-state index contributed by atoms with van der Waals surface area (Å²) in [6, 6.07) is 13.5. The zero-order valence-electron chi connectivity index (χ0n) is 27.3. The molecule has 3 heterocycles. The van der Waals surface area contributed by atoms with Gasteiger partial charge in [0.15, 0.2) is 0 Å². The van der Waals surface area contributed by atoms with Gasteiger partial charge in [-0.25, -0.2) is 9.37 Å². The van der Waals surface area contributed by atoms with Gasteiger partial charge in [0.25, 0.3) is 12.4 Å². The zero-order chi connectivity index (χ0) is 34.3. The quantitative estimate of drug-likeness (QED) is 0.241. The van der Waals surface area contributed by atoms with Crippen molar-refractivity contribution in [3.8, 4) is 0 Å². The third kappa shape index (κ3) is 8.14. The van der Waals surface area contributed by atoms with E-state index in [0.717, 1.165) is 36.2 Å². The van der Waals surface area contributed by atoms with Crippen molar-refractivity contribution < 1.29 is 28.7 Å². The molecule has 1 aromatic heterocycles. The second kappa shape index (κ2) is 15.3. The van der Waals surface area contributed by atoms with Gasteiger partial charge in [-0.05, 0) is 111 Å². The zero-order valence-corrected chi connectivity index (χ0v) is 27.3. The van der Waals surface area contributed by atoms with Crippen molar-refractivity contribution >= 4 is 46.7 Å². The summed E-state index contributed by atoms with van der Waals surface area (Å²) in [6.07, 6.45) is 11.4. The molecular weight excluding hydrogens is 613 g/mol. The number of halogens is 1. The predicted octanol–water partition coefficient (Wildman–Crippen LogP) is 4.86. The molecule has 1 aliphatic carbocycles. The number of hydrogen-bond acceptors (Lipinski definition) is 6. The molecule has 11 heteroatoms. The molecule has 3 amide bonds. The van der Waals surface area contributed by atoms with Crippen LogP contribution in [0.4, 0.5) is 4.39 Å². The van der Waals surface area contributed by atoms with Gasteiger partial charge in [0.1, 0.15) is 17.1 Å². The van der Waals surface area contributed by atoms with Crippen LogP contribution in [0.3, 0.4) is 0 Å². The van der Waals surface area contributed by atoms with E-state index in [1.807, 2.05) is 6.92 Å². The van der Waals surface area contributed by atoms with E-state index in [-0.39, 0.29) is 42.4 Å². The van der Waals surface area contributed by atoms with E-state index in [9.17, 15) is 18.8 Å². The van der Waals surface area contributed by atoms with Gasteiger partial charge in [0, 0.05) is 18.5 Å². The van der Waals surface area contributed by atoms with Crippen LogP contribution in [0.15, 0.2) is 60.7 Å². The third-order valence-electron chi connectivity index (χ3n) is 9.18. The maximum absolute atomic E-state index is 13.9. The molecule has 3 aromatic rings. The molecule has 0 spiro atoms. The number of amides is 3. The van der Waals surface area contributed by atoms with Crippen LogP contribution in [0.5, 0.6) is 0 Å². The minimum atomic E-state index is -1.04. The Balaban J connectivity index is 0.00000145. The van der Waals surface area contributed by atoms with Crippen LogP contribution in [-0.4, -0.2) is 70.9 Å². The molecule has 2 aliphatic heterocycles. The van der Waals surface area contributed by atoms with Crippen LogP contribution < -0.4 is 16.0 Å². The van der Waals surface area contributed by atoms with Crippen molar-refractivity contribution in [2.45, 2.75) is 57.5 Å². The highest BCUT2D eigenvalue weighted by Gasteiger charge is 2.46. The molecule has 0 unspecified atom stereocenters. The molecule has 6 rings (SSSR count). The van der Waals surface area contributed by atoms with Gasteiger partial charge in [-0.2, -0.15) is 0 Å². The Bertz CT molecular complexity index is 1750. The van der Waals surface area contributed by atoms with Crippen LogP contribution in [0.2, 0.25) is 0 Å². The van der Waals surface area contributed by atoms with E-state index >= 15 is 0 Å². The summed E-state index contributed by atoms with van der Waals surface area (Å²) in [5.74, 6) is -0.805. The maximum Gasteiger partial charge on any atom is 0.290 e.